The molecule has 1 atom stereocenters. The second kappa shape index (κ2) is 15.1. The third-order valence-electron chi connectivity index (χ3n) is 8.38. The molecule has 2 saturated heterocycles. The van der Waals surface area contributed by atoms with Crippen molar-refractivity contribution in [2.75, 3.05) is 92.6 Å². The van der Waals surface area contributed by atoms with Gasteiger partial charge >= 0.3 is 5.97 Å². The standard InChI is InChI=1S/C31H41ClN8O4S/c1-37(45(3)43)27-7-5-4-6-25(27)34-30-24(32)19-33-31(36-30)35-26-9-8-23(18-28(26)44-2)40-16-14-39(15-17-40)20-22-10-12-38(13-11-22)21-29(41)42/h4-9,18-19,22H,10-17,20-21H2,1-3H3,(H,41,42)(H2,33,34,35,36). The summed E-state index contributed by atoms with van der Waals surface area (Å²) in [6.45, 7) is 6.76. The van der Waals surface area contributed by atoms with E-state index in [2.05, 4.69) is 36.5 Å². The Kier molecular flexibility index (Phi) is 11.0. The topological polar surface area (TPSA) is 126 Å². The Morgan fingerprint density at radius 2 is 1.80 bits per heavy atom. The molecule has 3 heterocycles. The van der Waals surface area contributed by atoms with Gasteiger partial charge in [0.15, 0.2) is 5.82 Å². The number of rotatable bonds is 12. The molecule has 2 aromatic carbocycles. The molecule has 1 unspecified atom stereocenters. The molecule has 2 aliphatic rings. The maximum atomic E-state index is 12.1. The number of aliphatic carboxylic acids is 1. The number of benzene rings is 2. The minimum atomic E-state index is -1.20. The summed E-state index contributed by atoms with van der Waals surface area (Å²) in [7, 11) is 2.20. The highest BCUT2D eigenvalue weighted by Gasteiger charge is 2.25. The average Bonchev–Trinajstić information content (AvgIpc) is 3.04. The summed E-state index contributed by atoms with van der Waals surface area (Å²) in [5.41, 5.74) is 3.28. The molecule has 5 rings (SSSR count). The van der Waals surface area contributed by atoms with Gasteiger partial charge in [-0.3, -0.25) is 18.9 Å². The van der Waals surface area contributed by atoms with Crippen LogP contribution in [0.2, 0.25) is 5.02 Å². The van der Waals surface area contributed by atoms with E-state index >= 15 is 0 Å². The second-order valence-corrected chi connectivity index (χ2v) is 13.2. The number of nitrogens with one attached hydrogen (secondary N) is 2. The number of methoxy groups -OCH3 is 1. The number of piperidine rings is 1. The lowest BCUT2D eigenvalue weighted by Crippen LogP contribution is -2.49. The number of hydrogen-bond donors (Lipinski definition) is 3. The molecule has 2 aliphatic heterocycles. The van der Waals surface area contributed by atoms with Crippen LogP contribution in [0.5, 0.6) is 5.75 Å². The zero-order valence-electron chi connectivity index (χ0n) is 25.9. The van der Waals surface area contributed by atoms with Gasteiger partial charge in [-0.25, -0.2) is 9.19 Å². The van der Waals surface area contributed by atoms with Crippen molar-refractivity contribution in [2.24, 2.45) is 5.92 Å². The Morgan fingerprint density at radius 3 is 2.49 bits per heavy atom. The number of carboxylic acids is 1. The number of ether oxygens (including phenoxy) is 1. The van der Waals surface area contributed by atoms with Crippen LogP contribution in [0.1, 0.15) is 12.8 Å². The van der Waals surface area contributed by atoms with E-state index in [-0.39, 0.29) is 6.54 Å². The molecule has 0 bridgehead atoms. The molecule has 0 radical (unpaired) electrons. The number of carboxylic acid groups (broad SMARTS) is 1. The maximum Gasteiger partial charge on any atom is 0.317 e. The fourth-order valence-corrected chi connectivity index (χ4v) is 6.38. The minimum Gasteiger partial charge on any atom is -0.494 e. The van der Waals surface area contributed by atoms with Crippen LogP contribution in [-0.2, 0) is 15.8 Å². The molecular weight excluding hydrogens is 616 g/mol. The zero-order valence-corrected chi connectivity index (χ0v) is 27.5. The molecule has 0 aliphatic carbocycles. The Hall–Kier alpha value is -3.65. The third kappa shape index (κ3) is 8.54. The first-order chi connectivity index (χ1) is 21.7. The molecule has 242 valence electrons. The molecule has 12 nitrogen and oxygen atoms in total. The number of likely N-dealkylation sites (tertiary alicyclic amines) is 1. The molecule has 3 aromatic rings. The van der Waals surface area contributed by atoms with Crippen LogP contribution in [0.4, 0.5) is 34.5 Å². The maximum absolute atomic E-state index is 12.1. The molecular formula is C31H41ClN8O4S. The first-order valence-electron chi connectivity index (χ1n) is 15.0. The van der Waals surface area contributed by atoms with Crippen molar-refractivity contribution in [1.82, 2.24) is 19.8 Å². The van der Waals surface area contributed by atoms with E-state index in [0.29, 0.717) is 34.1 Å². The second-order valence-electron chi connectivity index (χ2n) is 11.4. The number of halogens is 1. The van der Waals surface area contributed by atoms with E-state index in [1.54, 1.807) is 24.7 Å². The fraction of sp³-hybridized carbons (Fsp3) is 0.452. The Morgan fingerprint density at radius 1 is 1.07 bits per heavy atom. The number of carbonyl (C=O) groups is 1. The van der Waals surface area contributed by atoms with E-state index in [4.69, 9.17) is 21.4 Å². The summed E-state index contributed by atoms with van der Waals surface area (Å²) in [4.78, 5) is 26.9. The molecule has 0 amide bonds. The highest BCUT2D eigenvalue weighted by molar-refractivity contribution is 7.85. The summed E-state index contributed by atoms with van der Waals surface area (Å²) in [6, 6.07) is 13.6. The molecule has 45 heavy (non-hydrogen) atoms. The van der Waals surface area contributed by atoms with Crippen molar-refractivity contribution in [1.29, 1.82) is 0 Å². The van der Waals surface area contributed by atoms with E-state index in [1.807, 2.05) is 41.3 Å². The van der Waals surface area contributed by atoms with Crippen molar-refractivity contribution in [3.63, 3.8) is 0 Å². The number of nitrogens with zero attached hydrogens (tertiary/aromatic N) is 6. The first kappa shape index (κ1) is 32.7. The fourth-order valence-electron chi connectivity index (χ4n) is 5.81. The van der Waals surface area contributed by atoms with Crippen molar-refractivity contribution < 1.29 is 18.8 Å². The van der Waals surface area contributed by atoms with E-state index in [0.717, 1.165) is 75.7 Å². The quantitative estimate of drug-likeness (QED) is 0.259. The highest BCUT2D eigenvalue weighted by Crippen LogP contribution is 2.34. The number of aromatic nitrogens is 2. The van der Waals surface area contributed by atoms with Crippen LogP contribution in [0.3, 0.4) is 0 Å². The van der Waals surface area contributed by atoms with Gasteiger partial charge in [-0.2, -0.15) is 4.98 Å². The molecule has 3 N–H and O–H groups in total. The Labute approximate surface area is 271 Å². The number of para-hydroxylation sites is 2. The highest BCUT2D eigenvalue weighted by atomic mass is 35.5. The van der Waals surface area contributed by atoms with Crippen LogP contribution >= 0.6 is 11.6 Å². The lowest BCUT2D eigenvalue weighted by atomic mass is 9.96. The van der Waals surface area contributed by atoms with Crippen molar-refractivity contribution >= 4 is 63.1 Å². The SMILES string of the molecule is COc1cc(N2CCN(CC3CCN(CC(=O)O)CC3)CC2)ccc1Nc1ncc(Cl)c(Nc2ccccc2N(C)S(C)=O)n1. The van der Waals surface area contributed by atoms with Gasteiger partial charge in [-0.1, -0.05) is 23.7 Å². The third-order valence-corrected chi connectivity index (χ3v) is 9.62. The largest absolute Gasteiger partial charge is 0.494 e. The van der Waals surface area contributed by atoms with Crippen molar-refractivity contribution in [3.8, 4) is 5.75 Å². The van der Waals surface area contributed by atoms with Crippen molar-refractivity contribution in [3.05, 3.63) is 53.7 Å². The van der Waals surface area contributed by atoms with Crippen LogP contribution in [0, 0.1) is 5.92 Å². The lowest BCUT2D eigenvalue weighted by molar-refractivity contribution is -0.138. The normalized spacial score (nSPS) is 17.1. The van der Waals surface area contributed by atoms with Gasteiger partial charge in [-0.05, 0) is 56.1 Å². The van der Waals surface area contributed by atoms with E-state index in [9.17, 15) is 9.00 Å². The number of piperazine rings is 1. The summed E-state index contributed by atoms with van der Waals surface area (Å²) >= 11 is 6.45. The molecule has 0 saturated carbocycles. The average molecular weight is 657 g/mol. The van der Waals surface area contributed by atoms with Crippen LogP contribution in [0.25, 0.3) is 0 Å². The smallest absolute Gasteiger partial charge is 0.317 e. The Bertz CT molecular complexity index is 1500. The zero-order chi connectivity index (χ0) is 31.9. The van der Waals surface area contributed by atoms with Gasteiger partial charge < -0.3 is 25.4 Å². The molecule has 14 heteroatoms. The van der Waals surface area contributed by atoms with Gasteiger partial charge in [0.05, 0.1) is 36.9 Å². The molecule has 2 fully saturated rings. The van der Waals surface area contributed by atoms with Gasteiger partial charge in [0.1, 0.15) is 21.8 Å². The summed E-state index contributed by atoms with van der Waals surface area (Å²) in [5.74, 6) is 1.31. The Balaban J connectivity index is 1.19. The summed E-state index contributed by atoms with van der Waals surface area (Å²) in [6.07, 6.45) is 5.26. The first-order valence-corrected chi connectivity index (χ1v) is 16.9. The van der Waals surface area contributed by atoms with E-state index in [1.165, 1.54) is 6.20 Å². The predicted octanol–water partition coefficient (Wildman–Crippen LogP) is 4.27. The minimum absolute atomic E-state index is 0.144. The van der Waals surface area contributed by atoms with Gasteiger partial charge in [0.25, 0.3) is 0 Å². The van der Waals surface area contributed by atoms with E-state index < -0.39 is 17.0 Å². The monoisotopic (exact) mass is 656 g/mol. The van der Waals surface area contributed by atoms with Crippen molar-refractivity contribution in [2.45, 2.75) is 12.8 Å². The van der Waals surface area contributed by atoms with Crippen LogP contribution < -0.4 is 24.6 Å². The number of anilines is 6. The predicted molar refractivity (Wildman–Crippen MR) is 181 cm³/mol. The van der Waals surface area contributed by atoms with Crippen LogP contribution in [-0.4, -0.2) is 108 Å². The summed E-state index contributed by atoms with van der Waals surface area (Å²) in [5, 5.41) is 15.9. The molecule has 1 aromatic heterocycles. The summed E-state index contributed by atoms with van der Waals surface area (Å²) < 4.78 is 19.5. The van der Waals surface area contributed by atoms with Gasteiger partial charge in [-0.15, -0.1) is 0 Å². The lowest BCUT2D eigenvalue weighted by Gasteiger charge is -2.39. The number of hydrogen-bond acceptors (Lipinski definition) is 10. The van der Waals surface area contributed by atoms with Gasteiger partial charge in [0, 0.05) is 57.8 Å². The van der Waals surface area contributed by atoms with Crippen LogP contribution in [0.15, 0.2) is 48.7 Å². The van der Waals surface area contributed by atoms with Gasteiger partial charge in [0.2, 0.25) is 5.95 Å². The molecule has 0 spiro atoms.